The summed E-state index contributed by atoms with van der Waals surface area (Å²) < 4.78 is 26.5. The second kappa shape index (κ2) is 6.87. The van der Waals surface area contributed by atoms with Crippen LogP contribution in [0.15, 0.2) is 29.2 Å². The first-order valence-electron chi connectivity index (χ1n) is 6.22. The van der Waals surface area contributed by atoms with Gasteiger partial charge in [-0.15, -0.1) is 0 Å². The van der Waals surface area contributed by atoms with Gasteiger partial charge in [0.2, 0.25) is 10.0 Å². The zero-order chi connectivity index (χ0) is 13.6. The lowest BCUT2D eigenvalue weighted by Crippen LogP contribution is -2.25. The molecular weight excluding hydrogens is 248 g/mol. The maximum atomic E-state index is 12.0. The number of hydrogen-bond donors (Lipinski definition) is 2. The van der Waals surface area contributed by atoms with E-state index in [2.05, 4.69) is 11.6 Å². The third-order valence-electron chi connectivity index (χ3n) is 2.87. The summed E-state index contributed by atoms with van der Waals surface area (Å²) in [6.45, 7) is 5.04. The summed E-state index contributed by atoms with van der Waals surface area (Å²) in [5.74, 6) is 0.438. The predicted molar refractivity (Wildman–Crippen MR) is 73.8 cm³/mol. The van der Waals surface area contributed by atoms with Gasteiger partial charge in [0, 0.05) is 6.54 Å². The topological polar surface area (TPSA) is 72.2 Å². The van der Waals surface area contributed by atoms with Crippen LogP contribution in [0.3, 0.4) is 0 Å². The summed E-state index contributed by atoms with van der Waals surface area (Å²) in [4.78, 5) is 0.328. The van der Waals surface area contributed by atoms with Crippen molar-refractivity contribution in [3.63, 3.8) is 0 Å². The molecule has 5 heteroatoms. The lowest BCUT2D eigenvalue weighted by Gasteiger charge is -2.09. The van der Waals surface area contributed by atoms with Crippen molar-refractivity contribution >= 4 is 10.0 Å². The fraction of sp³-hybridized carbons (Fsp3) is 0.538. The van der Waals surface area contributed by atoms with Crippen LogP contribution in [0.1, 0.15) is 25.3 Å². The number of nitrogens with one attached hydrogen (secondary N) is 1. The van der Waals surface area contributed by atoms with E-state index in [-0.39, 0.29) is 0 Å². The van der Waals surface area contributed by atoms with Gasteiger partial charge < -0.3 is 5.73 Å². The van der Waals surface area contributed by atoms with Crippen molar-refractivity contribution in [1.82, 2.24) is 4.72 Å². The Balaban J connectivity index is 2.51. The number of sulfonamides is 1. The van der Waals surface area contributed by atoms with Crippen LogP contribution in [0.4, 0.5) is 0 Å². The lowest BCUT2D eigenvalue weighted by molar-refractivity contribution is 0.513. The molecule has 102 valence electrons. The lowest BCUT2D eigenvalue weighted by atomic mass is 10.1. The molecule has 0 spiro atoms. The fourth-order valence-electron chi connectivity index (χ4n) is 1.64. The van der Waals surface area contributed by atoms with Crippen LogP contribution >= 0.6 is 0 Å². The average Bonchev–Trinajstić information content (AvgIpc) is 2.34. The van der Waals surface area contributed by atoms with Crippen LogP contribution < -0.4 is 10.5 Å². The molecule has 0 aliphatic rings. The van der Waals surface area contributed by atoms with Gasteiger partial charge in [0.05, 0.1) is 4.90 Å². The van der Waals surface area contributed by atoms with Crippen LogP contribution in [0.5, 0.6) is 0 Å². The van der Waals surface area contributed by atoms with Gasteiger partial charge in [-0.1, -0.05) is 19.1 Å². The van der Waals surface area contributed by atoms with E-state index in [9.17, 15) is 8.42 Å². The van der Waals surface area contributed by atoms with Crippen molar-refractivity contribution in [2.24, 2.45) is 11.7 Å². The molecule has 0 aliphatic carbocycles. The highest BCUT2D eigenvalue weighted by Crippen LogP contribution is 2.11. The standard InChI is InChI=1S/C13H22N2O2S/c1-11-5-3-7-13(9-11)18(16,17)15-8-4-6-12(2)10-14/h3,5,7,9,12,15H,4,6,8,10,14H2,1-2H3. The predicted octanol–water partition coefficient (Wildman–Crippen LogP) is 1.65. The van der Waals surface area contributed by atoms with Gasteiger partial charge in [-0.25, -0.2) is 13.1 Å². The van der Waals surface area contributed by atoms with Gasteiger partial charge in [0.1, 0.15) is 0 Å². The molecule has 0 heterocycles. The van der Waals surface area contributed by atoms with Gasteiger partial charge >= 0.3 is 0 Å². The minimum atomic E-state index is -3.37. The molecule has 0 bridgehead atoms. The largest absolute Gasteiger partial charge is 0.330 e. The number of hydrogen-bond acceptors (Lipinski definition) is 3. The van der Waals surface area contributed by atoms with Crippen molar-refractivity contribution in [2.75, 3.05) is 13.1 Å². The van der Waals surface area contributed by atoms with E-state index in [1.807, 2.05) is 13.0 Å². The van der Waals surface area contributed by atoms with Crippen LogP contribution in [0.2, 0.25) is 0 Å². The van der Waals surface area contributed by atoms with Crippen LogP contribution in [-0.4, -0.2) is 21.5 Å². The van der Waals surface area contributed by atoms with E-state index in [1.54, 1.807) is 18.2 Å². The van der Waals surface area contributed by atoms with Crippen molar-refractivity contribution in [1.29, 1.82) is 0 Å². The Morgan fingerprint density at radius 1 is 1.39 bits per heavy atom. The molecule has 3 N–H and O–H groups in total. The van der Waals surface area contributed by atoms with Crippen molar-refractivity contribution < 1.29 is 8.42 Å². The Hall–Kier alpha value is -0.910. The molecular formula is C13H22N2O2S. The zero-order valence-electron chi connectivity index (χ0n) is 11.0. The van der Waals surface area contributed by atoms with Crippen molar-refractivity contribution in [3.8, 4) is 0 Å². The van der Waals surface area contributed by atoms with Gasteiger partial charge in [-0.3, -0.25) is 0 Å². The highest BCUT2D eigenvalue weighted by molar-refractivity contribution is 7.89. The highest BCUT2D eigenvalue weighted by atomic mass is 32.2. The highest BCUT2D eigenvalue weighted by Gasteiger charge is 2.13. The Labute approximate surface area is 110 Å². The van der Waals surface area contributed by atoms with E-state index in [1.165, 1.54) is 0 Å². The van der Waals surface area contributed by atoms with Crippen LogP contribution in [0.25, 0.3) is 0 Å². The molecule has 0 aromatic heterocycles. The van der Waals surface area contributed by atoms with Gasteiger partial charge in [0.25, 0.3) is 0 Å². The zero-order valence-corrected chi connectivity index (χ0v) is 11.8. The molecule has 0 saturated carbocycles. The quantitative estimate of drug-likeness (QED) is 0.740. The molecule has 18 heavy (non-hydrogen) atoms. The summed E-state index contributed by atoms with van der Waals surface area (Å²) in [6.07, 6.45) is 1.75. The average molecular weight is 270 g/mol. The Bertz CT molecular complexity index is 472. The van der Waals surface area contributed by atoms with E-state index >= 15 is 0 Å². The fourth-order valence-corrected chi connectivity index (χ4v) is 2.82. The third kappa shape index (κ3) is 4.76. The van der Waals surface area contributed by atoms with E-state index in [0.717, 1.165) is 18.4 Å². The second-order valence-electron chi connectivity index (χ2n) is 4.70. The van der Waals surface area contributed by atoms with Gasteiger partial charge in [0.15, 0.2) is 0 Å². The van der Waals surface area contributed by atoms with Crippen molar-refractivity contribution in [3.05, 3.63) is 29.8 Å². The first-order valence-corrected chi connectivity index (χ1v) is 7.70. The van der Waals surface area contributed by atoms with E-state index in [4.69, 9.17) is 5.73 Å². The molecule has 0 fully saturated rings. The molecule has 1 unspecified atom stereocenters. The summed E-state index contributed by atoms with van der Waals surface area (Å²) >= 11 is 0. The van der Waals surface area contributed by atoms with Crippen molar-refractivity contribution in [2.45, 2.75) is 31.6 Å². The molecule has 0 aliphatic heterocycles. The summed E-state index contributed by atoms with van der Waals surface area (Å²) in [5, 5.41) is 0. The molecule has 1 aromatic carbocycles. The molecule has 1 rings (SSSR count). The molecule has 4 nitrogen and oxygen atoms in total. The number of rotatable bonds is 7. The maximum Gasteiger partial charge on any atom is 0.240 e. The smallest absolute Gasteiger partial charge is 0.240 e. The van der Waals surface area contributed by atoms with Crippen LogP contribution in [-0.2, 0) is 10.0 Å². The molecule has 0 amide bonds. The molecule has 0 saturated heterocycles. The van der Waals surface area contributed by atoms with Crippen LogP contribution in [0, 0.1) is 12.8 Å². The second-order valence-corrected chi connectivity index (χ2v) is 6.46. The summed E-state index contributed by atoms with van der Waals surface area (Å²) in [7, 11) is -3.37. The molecule has 1 aromatic rings. The molecule has 1 atom stereocenters. The monoisotopic (exact) mass is 270 g/mol. The number of benzene rings is 1. The Morgan fingerprint density at radius 3 is 2.72 bits per heavy atom. The van der Waals surface area contributed by atoms with Gasteiger partial charge in [-0.05, 0) is 49.9 Å². The number of aryl methyl sites for hydroxylation is 1. The SMILES string of the molecule is Cc1cccc(S(=O)(=O)NCCCC(C)CN)c1. The van der Waals surface area contributed by atoms with E-state index in [0.29, 0.717) is 23.9 Å². The van der Waals surface area contributed by atoms with E-state index < -0.39 is 10.0 Å². The Morgan fingerprint density at radius 2 is 2.11 bits per heavy atom. The normalized spacial score (nSPS) is 13.5. The third-order valence-corrected chi connectivity index (χ3v) is 4.33. The first kappa shape index (κ1) is 15.1. The number of nitrogens with two attached hydrogens (primary N) is 1. The minimum Gasteiger partial charge on any atom is -0.330 e. The van der Waals surface area contributed by atoms with Gasteiger partial charge in [-0.2, -0.15) is 0 Å². The summed E-state index contributed by atoms with van der Waals surface area (Å²) in [6, 6.07) is 6.91. The Kier molecular flexibility index (Phi) is 5.78. The maximum absolute atomic E-state index is 12.0. The summed E-state index contributed by atoms with van der Waals surface area (Å²) in [5.41, 5.74) is 6.45. The molecule has 0 radical (unpaired) electrons. The minimum absolute atomic E-state index is 0.328. The first-order chi connectivity index (χ1) is 8.45.